The van der Waals surface area contributed by atoms with Gasteiger partial charge in [-0.15, -0.1) is 0 Å². The summed E-state index contributed by atoms with van der Waals surface area (Å²) in [4.78, 5) is 66.0. The summed E-state index contributed by atoms with van der Waals surface area (Å²) in [6.07, 6.45) is 1.12. The molecule has 4 atom stereocenters. The number of para-hydroxylation sites is 1. The molecule has 0 aliphatic carbocycles. The van der Waals surface area contributed by atoms with Crippen molar-refractivity contribution in [1.82, 2.24) is 20.9 Å². The number of aromatic amines is 1. The van der Waals surface area contributed by atoms with Gasteiger partial charge in [0.1, 0.15) is 23.9 Å². The summed E-state index contributed by atoms with van der Waals surface area (Å²) in [6.45, 7) is 3.34. The third-order valence-corrected chi connectivity index (χ3v) is 6.73. The van der Waals surface area contributed by atoms with Gasteiger partial charge in [-0.05, 0) is 41.7 Å². The van der Waals surface area contributed by atoms with E-state index in [-0.39, 0.29) is 18.6 Å². The number of phenols is 1. The largest absolute Gasteiger partial charge is 0.508 e. The fourth-order valence-corrected chi connectivity index (χ4v) is 4.44. The van der Waals surface area contributed by atoms with Crippen LogP contribution in [0.4, 0.5) is 0 Å². The molecule has 0 saturated carbocycles. The van der Waals surface area contributed by atoms with Crippen molar-refractivity contribution in [2.45, 2.75) is 57.3 Å². The zero-order valence-corrected chi connectivity index (χ0v) is 23.3. The number of carboxylic acid groups (broad SMARTS) is 1. The van der Waals surface area contributed by atoms with E-state index in [4.69, 9.17) is 11.5 Å². The first-order chi connectivity index (χ1) is 19.8. The van der Waals surface area contributed by atoms with Gasteiger partial charge >= 0.3 is 5.97 Å². The lowest BCUT2D eigenvalue weighted by atomic mass is 10.0. The number of aromatic nitrogens is 1. The first-order valence-electron chi connectivity index (χ1n) is 13.4. The Labute approximate surface area is 242 Å². The SMILES string of the molecule is CC(C)C(NC(=O)C(N)Cc1ccc(O)cc1)C(=O)NC(CC(N)=O)C(=O)NC(Cc1c[nH]c2ccccc12)C(=O)O. The number of nitrogens with one attached hydrogen (secondary N) is 4. The first kappa shape index (κ1) is 31.6. The number of H-pyrrole nitrogens is 1. The molecule has 0 saturated heterocycles. The minimum atomic E-state index is -1.50. The van der Waals surface area contributed by atoms with Crippen molar-refractivity contribution in [3.05, 3.63) is 65.9 Å². The van der Waals surface area contributed by atoms with Crippen molar-refractivity contribution in [1.29, 1.82) is 0 Å². The molecule has 0 radical (unpaired) electrons. The Kier molecular flexibility index (Phi) is 10.6. The molecule has 4 amide bonds. The number of aliphatic carboxylic acids is 1. The number of aromatic hydroxyl groups is 1. The molecule has 0 spiro atoms. The maximum Gasteiger partial charge on any atom is 0.326 e. The zero-order chi connectivity index (χ0) is 31.0. The number of hydrogen-bond acceptors (Lipinski definition) is 7. The fraction of sp³-hybridized carbons (Fsp3) is 0.345. The van der Waals surface area contributed by atoms with Crippen molar-refractivity contribution < 1.29 is 34.2 Å². The maximum absolute atomic E-state index is 13.2. The van der Waals surface area contributed by atoms with Gasteiger partial charge in [-0.3, -0.25) is 19.2 Å². The van der Waals surface area contributed by atoms with E-state index in [2.05, 4.69) is 20.9 Å². The van der Waals surface area contributed by atoms with E-state index in [9.17, 15) is 34.2 Å². The van der Waals surface area contributed by atoms with Crippen molar-refractivity contribution in [3.8, 4) is 5.75 Å². The van der Waals surface area contributed by atoms with Crippen LogP contribution in [0.2, 0.25) is 0 Å². The number of rotatable bonds is 14. The summed E-state index contributed by atoms with van der Waals surface area (Å²) in [7, 11) is 0. The third-order valence-electron chi connectivity index (χ3n) is 6.73. The van der Waals surface area contributed by atoms with Crippen LogP contribution in [0.1, 0.15) is 31.4 Å². The van der Waals surface area contributed by atoms with Crippen LogP contribution in [0.5, 0.6) is 5.75 Å². The van der Waals surface area contributed by atoms with Crippen molar-refractivity contribution in [3.63, 3.8) is 0 Å². The average Bonchev–Trinajstić information content (AvgIpc) is 3.34. The summed E-state index contributed by atoms with van der Waals surface area (Å²) in [6, 6.07) is 8.41. The summed E-state index contributed by atoms with van der Waals surface area (Å²) in [5.41, 5.74) is 13.5. The fourth-order valence-electron chi connectivity index (χ4n) is 4.44. The Morgan fingerprint density at radius 3 is 2.12 bits per heavy atom. The van der Waals surface area contributed by atoms with E-state index in [0.29, 0.717) is 11.1 Å². The molecule has 13 heteroatoms. The number of fused-ring (bicyclic) bond motifs is 1. The minimum absolute atomic E-state index is 0.0636. The number of carboxylic acids is 1. The van der Waals surface area contributed by atoms with E-state index in [1.165, 1.54) is 12.1 Å². The molecular formula is C29H36N6O7. The number of benzene rings is 2. The predicted octanol–water partition coefficient (Wildman–Crippen LogP) is 0.0564. The van der Waals surface area contributed by atoms with Crippen molar-refractivity contribution in [2.24, 2.45) is 17.4 Å². The Morgan fingerprint density at radius 2 is 1.50 bits per heavy atom. The highest BCUT2D eigenvalue weighted by atomic mass is 16.4. The highest BCUT2D eigenvalue weighted by Crippen LogP contribution is 2.19. The van der Waals surface area contributed by atoms with Gasteiger partial charge in [-0.25, -0.2) is 4.79 Å². The van der Waals surface area contributed by atoms with E-state index >= 15 is 0 Å². The number of nitrogens with two attached hydrogens (primary N) is 2. The topological polar surface area (TPSA) is 230 Å². The van der Waals surface area contributed by atoms with Crippen LogP contribution in [0.3, 0.4) is 0 Å². The van der Waals surface area contributed by atoms with Gasteiger partial charge in [0, 0.05) is 23.5 Å². The number of amides is 4. The van der Waals surface area contributed by atoms with Gasteiger partial charge in [0.15, 0.2) is 0 Å². The lowest BCUT2D eigenvalue weighted by Crippen LogP contribution is -2.59. The molecule has 42 heavy (non-hydrogen) atoms. The highest BCUT2D eigenvalue weighted by Gasteiger charge is 2.32. The van der Waals surface area contributed by atoms with Crippen LogP contribution in [0.15, 0.2) is 54.7 Å². The second kappa shape index (κ2) is 14.1. The smallest absolute Gasteiger partial charge is 0.326 e. The molecule has 0 aliphatic heterocycles. The number of carbonyl (C=O) groups excluding carboxylic acids is 4. The molecule has 0 bridgehead atoms. The molecule has 0 fully saturated rings. The van der Waals surface area contributed by atoms with Gasteiger partial charge in [-0.1, -0.05) is 44.2 Å². The maximum atomic E-state index is 13.2. The first-order valence-corrected chi connectivity index (χ1v) is 13.4. The summed E-state index contributed by atoms with van der Waals surface area (Å²) in [5.74, 6) is -4.92. The van der Waals surface area contributed by atoms with Gasteiger partial charge in [0.25, 0.3) is 0 Å². The number of primary amides is 1. The van der Waals surface area contributed by atoms with Crippen molar-refractivity contribution >= 4 is 40.5 Å². The lowest BCUT2D eigenvalue weighted by Gasteiger charge is -2.26. The van der Waals surface area contributed by atoms with E-state index < -0.39 is 66.1 Å². The molecule has 3 aromatic rings. The van der Waals surface area contributed by atoms with Crippen LogP contribution < -0.4 is 27.4 Å². The Morgan fingerprint density at radius 1 is 0.857 bits per heavy atom. The number of hydrogen-bond donors (Lipinski definition) is 8. The zero-order valence-electron chi connectivity index (χ0n) is 23.3. The van der Waals surface area contributed by atoms with Crippen LogP contribution in [0.25, 0.3) is 10.9 Å². The van der Waals surface area contributed by atoms with Gasteiger partial charge in [-0.2, -0.15) is 0 Å². The molecule has 1 aromatic heterocycles. The molecule has 13 nitrogen and oxygen atoms in total. The summed E-state index contributed by atoms with van der Waals surface area (Å²) in [5, 5.41) is 27.4. The van der Waals surface area contributed by atoms with Crippen LogP contribution in [-0.4, -0.2) is 69.0 Å². The monoisotopic (exact) mass is 580 g/mol. The van der Waals surface area contributed by atoms with Gasteiger partial charge in [0.05, 0.1) is 12.5 Å². The number of phenolic OH excluding ortho intramolecular Hbond substituents is 1. The standard InChI is InChI=1S/C29H36N6O7/c1-15(2)25(35-26(38)20(30)11-16-7-9-18(36)10-8-16)28(40)33-22(13-24(31)37)27(39)34-23(29(41)42)12-17-14-32-21-6-4-3-5-19(17)21/h3-10,14-15,20,22-23,25,32,36H,11-13,30H2,1-2H3,(H2,31,37)(H,33,40)(H,34,39)(H,35,38)(H,41,42). The van der Waals surface area contributed by atoms with E-state index in [0.717, 1.165) is 10.9 Å². The summed E-state index contributed by atoms with van der Waals surface area (Å²) < 4.78 is 0. The summed E-state index contributed by atoms with van der Waals surface area (Å²) >= 11 is 0. The Balaban J connectivity index is 1.69. The molecule has 4 unspecified atom stereocenters. The normalized spacial score (nSPS) is 14.0. The van der Waals surface area contributed by atoms with Crippen LogP contribution in [0, 0.1) is 5.92 Å². The molecule has 3 rings (SSSR count). The Hall–Kier alpha value is -4.91. The predicted molar refractivity (Wildman–Crippen MR) is 154 cm³/mol. The molecular weight excluding hydrogens is 544 g/mol. The van der Waals surface area contributed by atoms with E-state index in [1.54, 1.807) is 38.2 Å². The lowest BCUT2D eigenvalue weighted by molar-refractivity contribution is -0.142. The molecule has 0 aliphatic rings. The van der Waals surface area contributed by atoms with Gasteiger partial charge < -0.3 is 42.6 Å². The third kappa shape index (κ3) is 8.54. The molecule has 224 valence electrons. The van der Waals surface area contributed by atoms with Crippen LogP contribution in [-0.2, 0) is 36.8 Å². The highest BCUT2D eigenvalue weighted by molar-refractivity contribution is 5.96. The van der Waals surface area contributed by atoms with E-state index in [1.807, 2.05) is 18.2 Å². The average molecular weight is 581 g/mol. The second-order valence-corrected chi connectivity index (χ2v) is 10.4. The van der Waals surface area contributed by atoms with Gasteiger partial charge in [0.2, 0.25) is 23.6 Å². The number of carbonyl (C=O) groups is 5. The Bertz CT molecular complexity index is 1440. The quantitative estimate of drug-likeness (QED) is 0.130. The second-order valence-electron chi connectivity index (χ2n) is 10.4. The molecule has 2 aromatic carbocycles. The van der Waals surface area contributed by atoms with Crippen molar-refractivity contribution in [2.75, 3.05) is 0 Å². The minimum Gasteiger partial charge on any atom is -0.508 e. The van der Waals surface area contributed by atoms with Crippen LogP contribution >= 0.6 is 0 Å². The molecule has 10 N–H and O–H groups in total. The molecule has 1 heterocycles.